The lowest BCUT2D eigenvalue weighted by Gasteiger charge is -2.43. The molecule has 0 bridgehead atoms. The van der Waals surface area contributed by atoms with E-state index in [2.05, 4.69) is 121 Å². The van der Waals surface area contributed by atoms with Crippen molar-refractivity contribution in [1.82, 2.24) is 9.80 Å². The van der Waals surface area contributed by atoms with Gasteiger partial charge in [-0.25, -0.2) is 0 Å². The third-order valence-electron chi connectivity index (χ3n) is 9.16. The molecule has 2 aliphatic carbocycles. The second kappa shape index (κ2) is 7.65. The van der Waals surface area contributed by atoms with Gasteiger partial charge in [0.15, 0.2) is 0 Å². The highest BCUT2D eigenvalue weighted by molar-refractivity contribution is 5.82. The molecule has 0 atom stereocenters. The molecule has 1 heterocycles. The Morgan fingerprint density at radius 3 is 1.06 bits per heavy atom. The van der Waals surface area contributed by atoms with Crippen LogP contribution in [0.3, 0.4) is 0 Å². The van der Waals surface area contributed by atoms with Crippen molar-refractivity contribution in [3.8, 4) is 22.3 Å². The number of fused-ring (bicyclic) bond motifs is 6. The number of hydrogen-bond acceptors (Lipinski definition) is 2. The number of rotatable bonds is 4. The van der Waals surface area contributed by atoms with Crippen molar-refractivity contribution < 1.29 is 0 Å². The fourth-order valence-corrected chi connectivity index (χ4v) is 7.71. The highest BCUT2D eigenvalue weighted by Gasteiger charge is 2.53. The fourth-order valence-electron chi connectivity index (χ4n) is 7.71. The molecule has 0 N–H and O–H groups in total. The van der Waals surface area contributed by atoms with Crippen molar-refractivity contribution in [1.29, 1.82) is 0 Å². The molecule has 2 heteroatoms. The van der Waals surface area contributed by atoms with Gasteiger partial charge in [0.2, 0.25) is 0 Å². The normalized spacial score (nSPS) is 19.3. The van der Waals surface area contributed by atoms with Crippen LogP contribution in [0.5, 0.6) is 0 Å². The minimum absolute atomic E-state index is 0.0749. The Kier molecular flexibility index (Phi) is 4.61. The molecule has 174 valence electrons. The predicted molar refractivity (Wildman–Crippen MR) is 144 cm³/mol. The first kappa shape index (κ1) is 21.1. The molecule has 0 saturated carbocycles. The Balaban J connectivity index is 1.37. The molecule has 0 spiro atoms. The summed E-state index contributed by atoms with van der Waals surface area (Å²) >= 11 is 0. The molecule has 0 radical (unpaired) electrons. The maximum absolute atomic E-state index is 2.78. The molecule has 0 unspecified atom stereocenters. The van der Waals surface area contributed by atoms with Crippen molar-refractivity contribution in [2.24, 2.45) is 0 Å². The average molecular weight is 457 g/mol. The number of hydrogen-bond donors (Lipinski definition) is 0. The first-order valence-electron chi connectivity index (χ1n) is 13.1. The zero-order chi connectivity index (χ0) is 23.6. The second-order valence-electron chi connectivity index (χ2n) is 10.3. The Hall–Kier alpha value is -3.20. The first-order chi connectivity index (χ1) is 17.3. The van der Waals surface area contributed by atoms with Crippen molar-refractivity contribution in [2.75, 3.05) is 19.8 Å². The van der Waals surface area contributed by atoms with E-state index in [9.17, 15) is 0 Å². The van der Waals surface area contributed by atoms with E-state index in [0.29, 0.717) is 0 Å². The summed E-state index contributed by atoms with van der Waals surface area (Å²) in [4.78, 5) is 5.55. The highest BCUT2D eigenvalue weighted by Crippen LogP contribution is 2.56. The van der Waals surface area contributed by atoms with Crippen LogP contribution in [-0.2, 0) is 11.1 Å². The van der Waals surface area contributed by atoms with Crippen LogP contribution in [0.4, 0.5) is 0 Å². The lowest BCUT2D eigenvalue weighted by molar-refractivity contribution is 0.0792. The third kappa shape index (κ3) is 2.56. The molecule has 1 aliphatic heterocycles. The SMILES string of the molecule is CCC1(N2CCN(C3(CC)c4ccccc4-c4ccccc43)C2)c2ccccc2-c2ccccc21. The lowest BCUT2D eigenvalue weighted by Crippen LogP contribution is -2.49. The summed E-state index contributed by atoms with van der Waals surface area (Å²) in [7, 11) is 0. The molecule has 0 aromatic heterocycles. The van der Waals surface area contributed by atoms with Gasteiger partial charge in [0, 0.05) is 13.1 Å². The standard InChI is InChI=1S/C33H32N2/c1-3-32(28-17-9-5-13-24(28)25-14-6-10-18-29(25)32)34-21-22-35(23-34)33(4-2)30-19-11-7-15-26(30)27-16-8-12-20-31(27)33/h5-20H,3-4,21-23H2,1-2H3. The van der Waals surface area contributed by atoms with Gasteiger partial charge >= 0.3 is 0 Å². The minimum atomic E-state index is -0.0749. The molecule has 4 aromatic rings. The lowest BCUT2D eigenvalue weighted by atomic mass is 9.82. The Morgan fingerprint density at radius 1 is 0.486 bits per heavy atom. The third-order valence-corrected chi connectivity index (χ3v) is 9.16. The zero-order valence-electron chi connectivity index (χ0n) is 20.7. The van der Waals surface area contributed by atoms with Gasteiger partial charge in [-0.05, 0) is 57.3 Å². The van der Waals surface area contributed by atoms with Crippen molar-refractivity contribution in [3.05, 3.63) is 119 Å². The molecule has 3 aliphatic rings. The van der Waals surface area contributed by atoms with Crippen LogP contribution in [0.1, 0.15) is 48.9 Å². The second-order valence-corrected chi connectivity index (χ2v) is 10.3. The maximum atomic E-state index is 2.78. The molecule has 2 nitrogen and oxygen atoms in total. The smallest absolute Gasteiger partial charge is 0.0735 e. The van der Waals surface area contributed by atoms with E-state index in [0.717, 1.165) is 32.6 Å². The highest BCUT2D eigenvalue weighted by atomic mass is 15.4. The van der Waals surface area contributed by atoms with Gasteiger partial charge in [-0.3, -0.25) is 9.80 Å². The van der Waals surface area contributed by atoms with E-state index < -0.39 is 0 Å². The van der Waals surface area contributed by atoms with Gasteiger partial charge in [-0.2, -0.15) is 0 Å². The Bertz CT molecular complexity index is 1230. The monoisotopic (exact) mass is 456 g/mol. The fraction of sp³-hybridized carbons (Fsp3) is 0.273. The summed E-state index contributed by atoms with van der Waals surface area (Å²) in [6.07, 6.45) is 2.14. The van der Waals surface area contributed by atoms with E-state index in [4.69, 9.17) is 0 Å². The van der Waals surface area contributed by atoms with Gasteiger partial charge in [0.25, 0.3) is 0 Å². The summed E-state index contributed by atoms with van der Waals surface area (Å²) < 4.78 is 0. The quantitative estimate of drug-likeness (QED) is 0.320. The van der Waals surface area contributed by atoms with Gasteiger partial charge < -0.3 is 0 Å². The summed E-state index contributed by atoms with van der Waals surface area (Å²) in [5.41, 5.74) is 11.4. The summed E-state index contributed by atoms with van der Waals surface area (Å²) in [5.74, 6) is 0. The van der Waals surface area contributed by atoms with Gasteiger partial charge in [-0.15, -0.1) is 0 Å². The molecular formula is C33H32N2. The van der Waals surface area contributed by atoms with Crippen molar-refractivity contribution in [3.63, 3.8) is 0 Å². The molecule has 4 aromatic carbocycles. The molecule has 35 heavy (non-hydrogen) atoms. The van der Waals surface area contributed by atoms with Crippen LogP contribution < -0.4 is 0 Å². The average Bonchev–Trinajstić information content (AvgIpc) is 3.60. The summed E-state index contributed by atoms with van der Waals surface area (Å²) in [6, 6.07) is 36.4. The molecular weight excluding hydrogens is 424 g/mol. The van der Waals surface area contributed by atoms with E-state index in [1.54, 1.807) is 0 Å². The van der Waals surface area contributed by atoms with E-state index in [-0.39, 0.29) is 11.1 Å². The molecule has 1 fully saturated rings. The van der Waals surface area contributed by atoms with Crippen LogP contribution in [0.15, 0.2) is 97.1 Å². The van der Waals surface area contributed by atoms with Crippen LogP contribution in [0.2, 0.25) is 0 Å². The van der Waals surface area contributed by atoms with Crippen molar-refractivity contribution in [2.45, 2.75) is 37.8 Å². The summed E-state index contributed by atoms with van der Waals surface area (Å²) in [6.45, 7) is 7.85. The largest absolute Gasteiger partial charge is 0.275 e. The predicted octanol–water partition coefficient (Wildman–Crippen LogP) is 7.23. The van der Waals surface area contributed by atoms with Crippen LogP contribution in [-0.4, -0.2) is 29.6 Å². The minimum Gasteiger partial charge on any atom is -0.275 e. The van der Waals surface area contributed by atoms with Gasteiger partial charge in [0.05, 0.1) is 17.7 Å². The number of nitrogens with zero attached hydrogens (tertiary/aromatic N) is 2. The van der Waals surface area contributed by atoms with Crippen LogP contribution >= 0.6 is 0 Å². The van der Waals surface area contributed by atoms with Crippen molar-refractivity contribution >= 4 is 0 Å². The van der Waals surface area contributed by atoms with E-state index in [1.807, 2.05) is 0 Å². The van der Waals surface area contributed by atoms with Gasteiger partial charge in [-0.1, -0.05) is 111 Å². The first-order valence-corrected chi connectivity index (χ1v) is 13.1. The Morgan fingerprint density at radius 2 is 0.771 bits per heavy atom. The molecule has 7 rings (SSSR count). The van der Waals surface area contributed by atoms with E-state index >= 15 is 0 Å². The molecule has 1 saturated heterocycles. The summed E-state index contributed by atoms with van der Waals surface area (Å²) in [5, 5.41) is 0. The maximum Gasteiger partial charge on any atom is 0.0735 e. The van der Waals surface area contributed by atoms with Crippen LogP contribution in [0, 0.1) is 0 Å². The number of benzene rings is 4. The molecule has 0 amide bonds. The zero-order valence-corrected chi connectivity index (χ0v) is 20.7. The Labute approximate surface area is 208 Å². The van der Waals surface area contributed by atoms with Gasteiger partial charge in [0.1, 0.15) is 0 Å². The topological polar surface area (TPSA) is 6.48 Å². The van der Waals surface area contributed by atoms with Crippen LogP contribution in [0.25, 0.3) is 22.3 Å². The van der Waals surface area contributed by atoms with E-state index in [1.165, 1.54) is 44.5 Å².